The highest BCUT2D eigenvalue weighted by Gasteiger charge is 2.20. The average molecular weight is 1150 g/mol. The van der Waals surface area contributed by atoms with Crippen molar-refractivity contribution >= 4 is 131 Å². The maximum Gasteiger partial charge on any atom is 0.135 e. The van der Waals surface area contributed by atoms with Crippen LogP contribution in [0, 0.1) is 0 Å². The summed E-state index contributed by atoms with van der Waals surface area (Å²) in [5.74, 6) is 0. The molecule has 0 atom stereocenters. The highest BCUT2D eigenvalue weighted by molar-refractivity contribution is 6.15. The molecule has 0 aliphatic heterocycles. The summed E-state index contributed by atoms with van der Waals surface area (Å²) < 4.78 is 25.9. The van der Waals surface area contributed by atoms with E-state index in [-0.39, 0.29) is 0 Å². The number of benzene rings is 14. The fourth-order valence-electron chi connectivity index (χ4n) is 14.4. The van der Waals surface area contributed by atoms with Crippen LogP contribution in [0.5, 0.6) is 0 Å². The van der Waals surface area contributed by atoms with Crippen molar-refractivity contribution in [3.8, 4) is 50.4 Å². The minimum absolute atomic E-state index is 0.889. The van der Waals surface area contributed by atoms with Gasteiger partial charge in [-0.1, -0.05) is 176 Å². The summed E-state index contributed by atoms with van der Waals surface area (Å²) in [5.41, 5.74) is 23.0. The van der Waals surface area contributed by atoms with Crippen molar-refractivity contribution in [2.45, 2.75) is 0 Å². The number of hydrogen-bond donors (Lipinski definition) is 0. The van der Waals surface area contributed by atoms with Gasteiger partial charge in [-0.25, -0.2) is 0 Å². The zero-order chi connectivity index (χ0) is 59.0. The molecule has 0 N–H and O–H groups in total. The number of hydrogen-bond acceptors (Lipinski definition) is 3. The number of nitrogens with zero attached hydrogens (tertiary/aromatic N) is 3. The van der Waals surface area contributed by atoms with Gasteiger partial charge in [0.05, 0.1) is 33.1 Å². The van der Waals surface area contributed by atoms with E-state index in [0.717, 1.165) is 88.4 Å². The lowest BCUT2D eigenvalue weighted by Gasteiger charge is -2.09. The zero-order valence-electron chi connectivity index (χ0n) is 48.5. The molecule has 0 aliphatic rings. The highest BCUT2D eigenvalue weighted by Crippen LogP contribution is 2.42. The number of rotatable bonds is 6. The molecule has 90 heavy (non-hydrogen) atoms. The van der Waals surface area contributed by atoms with Gasteiger partial charge in [0.25, 0.3) is 0 Å². The van der Waals surface area contributed by atoms with Crippen LogP contribution in [0.1, 0.15) is 0 Å². The zero-order valence-corrected chi connectivity index (χ0v) is 48.5. The Morgan fingerprint density at radius 1 is 0.156 bits per heavy atom. The molecule has 0 saturated heterocycles. The quantitative estimate of drug-likeness (QED) is 0.167. The lowest BCUT2D eigenvalue weighted by atomic mass is 9.97. The molecule has 0 saturated carbocycles. The SMILES string of the molecule is c1cc(-c2ccc3oc4ccccc4c3c2)cc(-c2ccc3oc4ccc(-n5c6ccccc6c6ccccc65)cc4c3c2)c1.c1ccc(-c2ccc3c(c2)c2ccccc2n3-c2ccc3oc4ccc(-n5c6ccccc6c6ccccc65)cc4c3c2)cc1. The minimum atomic E-state index is 0.889. The Hall–Kier alpha value is -12.1. The van der Waals surface area contributed by atoms with Crippen LogP contribution in [0.3, 0.4) is 0 Å². The summed E-state index contributed by atoms with van der Waals surface area (Å²) in [5, 5.41) is 14.2. The third kappa shape index (κ3) is 7.78. The van der Waals surface area contributed by atoms with Crippen LogP contribution in [0.25, 0.3) is 182 Å². The van der Waals surface area contributed by atoms with Crippen molar-refractivity contribution in [1.82, 2.24) is 13.7 Å². The van der Waals surface area contributed by atoms with Crippen molar-refractivity contribution < 1.29 is 13.3 Å². The Labute approximate surface area is 515 Å². The Morgan fingerprint density at radius 3 is 0.878 bits per heavy atom. The molecule has 6 heterocycles. The third-order valence-corrected chi connectivity index (χ3v) is 18.5. The van der Waals surface area contributed by atoms with Crippen LogP contribution in [-0.4, -0.2) is 13.7 Å². The highest BCUT2D eigenvalue weighted by atomic mass is 16.3. The molecule has 0 fully saturated rings. The fourth-order valence-corrected chi connectivity index (χ4v) is 14.4. The molecule has 6 heteroatoms. The first kappa shape index (κ1) is 50.1. The van der Waals surface area contributed by atoms with Gasteiger partial charge >= 0.3 is 0 Å². The summed E-state index contributed by atoms with van der Waals surface area (Å²) in [6.07, 6.45) is 0. The molecule has 0 amide bonds. The second kappa shape index (κ2) is 19.7. The molecule has 0 aliphatic carbocycles. The second-order valence-electron chi connectivity index (χ2n) is 23.5. The van der Waals surface area contributed by atoms with Crippen LogP contribution in [0.15, 0.2) is 323 Å². The number of para-hydroxylation sites is 6. The Morgan fingerprint density at radius 2 is 0.433 bits per heavy atom. The first-order chi connectivity index (χ1) is 44.6. The van der Waals surface area contributed by atoms with Crippen LogP contribution in [0.2, 0.25) is 0 Å². The van der Waals surface area contributed by atoms with Crippen molar-refractivity contribution in [2.75, 3.05) is 0 Å². The van der Waals surface area contributed by atoms with Gasteiger partial charge < -0.3 is 27.0 Å². The maximum absolute atomic E-state index is 6.39. The first-order valence-corrected chi connectivity index (χ1v) is 30.6. The van der Waals surface area contributed by atoms with Crippen molar-refractivity contribution in [3.63, 3.8) is 0 Å². The molecule has 0 radical (unpaired) electrons. The fraction of sp³-hybridized carbons (Fsp3) is 0. The molecule has 0 unspecified atom stereocenters. The number of fused-ring (bicyclic) bond motifs is 18. The first-order valence-electron chi connectivity index (χ1n) is 30.6. The van der Waals surface area contributed by atoms with Crippen molar-refractivity contribution in [1.29, 1.82) is 0 Å². The Kier molecular flexibility index (Phi) is 11.0. The Bertz CT molecular complexity index is 6200. The van der Waals surface area contributed by atoms with Crippen LogP contribution >= 0.6 is 0 Å². The van der Waals surface area contributed by atoms with E-state index in [2.05, 4.69) is 311 Å². The summed E-state index contributed by atoms with van der Waals surface area (Å²) in [7, 11) is 0. The molecule has 20 rings (SSSR count). The molecular formula is C84H51N3O3. The van der Waals surface area contributed by atoms with Gasteiger partial charge in [0.2, 0.25) is 0 Å². The van der Waals surface area contributed by atoms with Crippen LogP contribution < -0.4 is 0 Å². The summed E-state index contributed by atoms with van der Waals surface area (Å²) in [6, 6.07) is 110. The molecule has 6 aromatic heterocycles. The predicted octanol–water partition coefficient (Wildman–Crippen LogP) is 23.4. The maximum atomic E-state index is 6.39. The Balaban J connectivity index is 0.000000130. The van der Waals surface area contributed by atoms with Gasteiger partial charge in [-0.3, -0.25) is 0 Å². The largest absolute Gasteiger partial charge is 0.456 e. The van der Waals surface area contributed by atoms with E-state index < -0.39 is 0 Å². The summed E-state index contributed by atoms with van der Waals surface area (Å²) >= 11 is 0. The van der Waals surface area contributed by atoms with Crippen LogP contribution in [0.4, 0.5) is 0 Å². The van der Waals surface area contributed by atoms with E-state index in [1.54, 1.807) is 0 Å². The number of aromatic nitrogens is 3. The molecule has 0 bridgehead atoms. The molecule has 6 nitrogen and oxygen atoms in total. The summed E-state index contributed by atoms with van der Waals surface area (Å²) in [6.45, 7) is 0. The van der Waals surface area contributed by atoms with Gasteiger partial charge in [-0.05, 0) is 167 Å². The smallest absolute Gasteiger partial charge is 0.135 e. The van der Waals surface area contributed by atoms with E-state index >= 15 is 0 Å². The van der Waals surface area contributed by atoms with Gasteiger partial charge in [0, 0.05) is 81.7 Å². The minimum Gasteiger partial charge on any atom is -0.456 e. The van der Waals surface area contributed by atoms with E-state index in [9.17, 15) is 0 Å². The van der Waals surface area contributed by atoms with Gasteiger partial charge in [-0.2, -0.15) is 0 Å². The predicted molar refractivity (Wildman–Crippen MR) is 374 cm³/mol. The second-order valence-corrected chi connectivity index (χ2v) is 23.5. The van der Waals surface area contributed by atoms with Gasteiger partial charge in [0.1, 0.15) is 33.5 Å². The van der Waals surface area contributed by atoms with E-state index in [0.29, 0.717) is 0 Å². The molecule has 420 valence electrons. The van der Waals surface area contributed by atoms with E-state index in [1.165, 1.54) is 93.2 Å². The van der Waals surface area contributed by atoms with Crippen molar-refractivity contribution in [2.24, 2.45) is 0 Å². The molecule has 0 spiro atoms. The number of furan rings is 3. The van der Waals surface area contributed by atoms with E-state index in [4.69, 9.17) is 13.3 Å². The van der Waals surface area contributed by atoms with E-state index in [1.807, 2.05) is 12.1 Å². The third-order valence-electron chi connectivity index (χ3n) is 18.5. The average Bonchev–Trinajstić information content (AvgIpc) is 2.58. The molecule has 14 aromatic carbocycles. The van der Waals surface area contributed by atoms with Gasteiger partial charge in [0.15, 0.2) is 0 Å². The monoisotopic (exact) mass is 1150 g/mol. The standard InChI is InChI=1S/C42H26N2O.C42H25NO2/c1-2-10-27(11-3-1)28-18-21-40-34(24-28)33-14-6-9-17-39(33)44(40)30-20-23-42-36(26-30)35-25-29(19-22-41(35)45-42)43-37-15-7-4-12-31(37)32-13-5-8-16-38(32)43;1-4-13-37-31(10-1)32-11-2-5-14-38(32)43(37)30-18-21-42-36(25-30)35-24-29(17-20-41(35)45-42)27-9-7-8-26(22-27)28-16-19-40-34(23-28)33-12-3-6-15-39(33)44-40/h1-26H;1-25H. The lowest BCUT2D eigenvalue weighted by Crippen LogP contribution is -1.94. The lowest BCUT2D eigenvalue weighted by molar-refractivity contribution is 0.668. The van der Waals surface area contributed by atoms with Crippen LogP contribution in [-0.2, 0) is 0 Å². The summed E-state index contributed by atoms with van der Waals surface area (Å²) in [4.78, 5) is 0. The molecular weight excluding hydrogens is 1100 g/mol. The van der Waals surface area contributed by atoms with Gasteiger partial charge in [-0.15, -0.1) is 0 Å². The van der Waals surface area contributed by atoms with Crippen molar-refractivity contribution in [3.05, 3.63) is 309 Å². The molecule has 20 aromatic rings. The topological polar surface area (TPSA) is 54.2 Å². The normalized spacial score (nSPS) is 12.0.